The fourth-order valence-electron chi connectivity index (χ4n) is 4.43. The van der Waals surface area contributed by atoms with Crippen molar-refractivity contribution in [1.29, 1.82) is 0 Å². The van der Waals surface area contributed by atoms with Crippen LogP contribution in [0.5, 0.6) is 0 Å². The Morgan fingerprint density at radius 3 is 2.79 bits per heavy atom. The maximum Gasteiger partial charge on any atom is 0.248 e. The SMILES string of the molecule is CCNC(=NCC(=O)N1CCc2ccccc21)N1CCC(N2CCOCC2)C1.I. The average molecular weight is 513 g/mol. The number of amides is 1. The zero-order chi connectivity index (χ0) is 19.3. The normalized spacial score (nSPS) is 22.4. The smallest absolute Gasteiger partial charge is 0.248 e. The number of carbonyl (C=O) groups excluding carboxylic acids is 1. The van der Waals surface area contributed by atoms with E-state index in [1.165, 1.54) is 5.56 Å². The largest absolute Gasteiger partial charge is 0.379 e. The highest BCUT2D eigenvalue weighted by molar-refractivity contribution is 14.0. The summed E-state index contributed by atoms with van der Waals surface area (Å²) in [4.78, 5) is 24.2. The number of hydrogen-bond acceptors (Lipinski definition) is 4. The van der Waals surface area contributed by atoms with Gasteiger partial charge in [0.05, 0.1) is 13.2 Å². The van der Waals surface area contributed by atoms with Gasteiger partial charge in [-0.3, -0.25) is 9.69 Å². The highest BCUT2D eigenvalue weighted by atomic mass is 127. The first-order valence-corrected chi connectivity index (χ1v) is 10.5. The molecule has 160 valence electrons. The van der Waals surface area contributed by atoms with Crippen LogP contribution in [0.25, 0.3) is 0 Å². The molecule has 3 heterocycles. The highest BCUT2D eigenvalue weighted by Gasteiger charge is 2.30. The first kappa shape index (κ1) is 22.3. The molecule has 29 heavy (non-hydrogen) atoms. The molecule has 8 heteroatoms. The molecule has 3 aliphatic rings. The van der Waals surface area contributed by atoms with Gasteiger partial charge in [0.15, 0.2) is 5.96 Å². The molecule has 0 saturated carbocycles. The van der Waals surface area contributed by atoms with Crippen LogP contribution in [0.4, 0.5) is 5.69 Å². The van der Waals surface area contributed by atoms with Gasteiger partial charge in [0.25, 0.3) is 0 Å². The van der Waals surface area contributed by atoms with Gasteiger partial charge in [-0.05, 0) is 31.4 Å². The molecular formula is C21H32IN5O2. The standard InChI is InChI=1S/C21H31N5O2.HI/c1-2-22-21(25-9-8-18(16-25)24-11-13-28-14-12-24)23-15-20(27)26-10-7-17-5-3-4-6-19(17)26;/h3-6,18H,2,7-16H2,1H3,(H,22,23);1H. The van der Waals surface area contributed by atoms with Crippen LogP contribution >= 0.6 is 24.0 Å². The molecule has 1 unspecified atom stereocenters. The number of para-hydroxylation sites is 1. The Hall–Kier alpha value is -1.39. The van der Waals surface area contributed by atoms with E-state index in [1.807, 2.05) is 23.1 Å². The fourth-order valence-corrected chi connectivity index (χ4v) is 4.43. The van der Waals surface area contributed by atoms with Crippen molar-refractivity contribution in [2.45, 2.75) is 25.8 Å². The molecule has 0 bridgehead atoms. The summed E-state index contributed by atoms with van der Waals surface area (Å²) in [6, 6.07) is 8.71. The number of ether oxygens (including phenoxy) is 1. The molecular weight excluding hydrogens is 481 g/mol. The second kappa shape index (κ2) is 10.6. The molecule has 0 spiro atoms. The minimum Gasteiger partial charge on any atom is -0.379 e. The van der Waals surface area contributed by atoms with Gasteiger partial charge in [-0.2, -0.15) is 0 Å². The maximum atomic E-state index is 12.8. The minimum atomic E-state index is 0. The van der Waals surface area contributed by atoms with Crippen LogP contribution in [0.2, 0.25) is 0 Å². The van der Waals surface area contributed by atoms with Crippen LogP contribution in [0.3, 0.4) is 0 Å². The Morgan fingerprint density at radius 1 is 1.21 bits per heavy atom. The molecule has 1 atom stereocenters. The van der Waals surface area contributed by atoms with Crippen molar-refractivity contribution >= 4 is 41.5 Å². The van der Waals surface area contributed by atoms with Gasteiger partial charge in [0.1, 0.15) is 6.54 Å². The molecule has 4 rings (SSSR count). The van der Waals surface area contributed by atoms with Gasteiger partial charge in [0, 0.05) is 51.0 Å². The zero-order valence-corrected chi connectivity index (χ0v) is 19.5. The molecule has 1 aromatic carbocycles. The third-order valence-electron chi connectivity index (χ3n) is 5.91. The maximum absolute atomic E-state index is 12.8. The lowest BCUT2D eigenvalue weighted by Crippen LogP contribution is -2.47. The molecule has 0 radical (unpaired) electrons. The van der Waals surface area contributed by atoms with Gasteiger partial charge >= 0.3 is 0 Å². The van der Waals surface area contributed by atoms with Crippen molar-refractivity contribution in [1.82, 2.24) is 15.1 Å². The summed E-state index contributed by atoms with van der Waals surface area (Å²) >= 11 is 0. The van der Waals surface area contributed by atoms with E-state index >= 15 is 0 Å². The molecule has 1 N–H and O–H groups in total. The highest BCUT2D eigenvalue weighted by Crippen LogP contribution is 2.27. The summed E-state index contributed by atoms with van der Waals surface area (Å²) in [6.45, 7) is 9.45. The molecule has 2 saturated heterocycles. The summed E-state index contributed by atoms with van der Waals surface area (Å²) in [5.74, 6) is 0.934. The van der Waals surface area contributed by atoms with E-state index in [0.29, 0.717) is 6.04 Å². The number of carbonyl (C=O) groups is 1. The molecule has 3 aliphatic heterocycles. The number of nitrogens with one attached hydrogen (secondary N) is 1. The topological polar surface area (TPSA) is 60.4 Å². The second-order valence-corrected chi connectivity index (χ2v) is 7.63. The Bertz CT molecular complexity index is 723. The van der Waals surface area contributed by atoms with E-state index in [-0.39, 0.29) is 36.4 Å². The molecule has 0 aliphatic carbocycles. The van der Waals surface area contributed by atoms with Crippen LogP contribution in [0, 0.1) is 0 Å². The second-order valence-electron chi connectivity index (χ2n) is 7.63. The van der Waals surface area contributed by atoms with Gasteiger partial charge in [0.2, 0.25) is 5.91 Å². The number of hydrogen-bond donors (Lipinski definition) is 1. The number of guanidine groups is 1. The lowest BCUT2D eigenvalue weighted by atomic mass is 10.2. The Kier molecular flexibility index (Phi) is 8.14. The minimum absolute atomic E-state index is 0. The zero-order valence-electron chi connectivity index (χ0n) is 17.2. The molecule has 7 nitrogen and oxygen atoms in total. The number of fused-ring (bicyclic) bond motifs is 1. The number of benzene rings is 1. The Balaban J connectivity index is 0.00000240. The molecule has 2 fully saturated rings. The Morgan fingerprint density at radius 2 is 2.00 bits per heavy atom. The van der Waals surface area contributed by atoms with Gasteiger partial charge in [-0.1, -0.05) is 18.2 Å². The van der Waals surface area contributed by atoms with Crippen molar-refractivity contribution < 1.29 is 9.53 Å². The average Bonchev–Trinajstić information content (AvgIpc) is 3.39. The number of rotatable bonds is 4. The number of nitrogens with zero attached hydrogens (tertiary/aromatic N) is 4. The van der Waals surface area contributed by atoms with Crippen LogP contribution in [-0.4, -0.2) is 86.7 Å². The predicted octanol–water partition coefficient (Wildman–Crippen LogP) is 1.57. The lowest BCUT2D eigenvalue weighted by Gasteiger charge is -2.32. The molecule has 0 aromatic heterocycles. The quantitative estimate of drug-likeness (QED) is 0.377. The number of anilines is 1. The predicted molar refractivity (Wildman–Crippen MR) is 126 cm³/mol. The summed E-state index contributed by atoms with van der Waals surface area (Å²) in [6.07, 6.45) is 2.07. The number of aliphatic imine (C=N–C) groups is 1. The van der Waals surface area contributed by atoms with Crippen molar-refractivity contribution in [2.75, 3.05) is 63.9 Å². The van der Waals surface area contributed by atoms with Crippen molar-refractivity contribution in [3.05, 3.63) is 29.8 Å². The summed E-state index contributed by atoms with van der Waals surface area (Å²) < 4.78 is 5.48. The van der Waals surface area contributed by atoms with Crippen molar-refractivity contribution in [3.63, 3.8) is 0 Å². The van der Waals surface area contributed by atoms with Crippen molar-refractivity contribution in [3.8, 4) is 0 Å². The van der Waals surface area contributed by atoms with Crippen molar-refractivity contribution in [2.24, 2.45) is 4.99 Å². The van der Waals surface area contributed by atoms with E-state index in [9.17, 15) is 4.79 Å². The number of morpholine rings is 1. The molecule has 1 amide bonds. The van der Waals surface area contributed by atoms with E-state index < -0.39 is 0 Å². The summed E-state index contributed by atoms with van der Waals surface area (Å²) in [5.41, 5.74) is 2.29. The van der Waals surface area contributed by atoms with Crippen LogP contribution in [-0.2, 0) is 16.0 Å². The Labute approximate surface area is 190 Å². The lowest BCUT2D eigenvalue weighted by molar-refractivity contribution is -0.117. The van der Waals surface area contributed by atoms with Crippen LogP contribution < -0.4 is 10.2 Å². The van der Waals surface area contributed by atoms with Crippen LogP contribution in [0.15, 0.2) is 29.3 Å². The van der Waals surface area contributed by atoms with Crippen LogP contribution in [0.1, 0.15) is 18.9 Å². The first-order chi connectivity index (χ1) is 13.8. The summed E-state index contributed by atoms with van der Waals surface area (Å²) in [7, 11) is 0. The first-order valence-electron chi connectivity index (χ1n) is 10.5. The monoisotopic (exact) mass is 513 g/mol. The van der Waals surface area contributed by atoms with E-state index in [1.54, 1.807) is 0 Å². The number of halogens is 1. The van der Waals surface area contributed by atoms with Gasteiger partial charge in [-0.25, -0.2) is 4.99 Å². The molecule has 1 aromatic rings. The van der Waals surface area contributed by atoms with Gasteiger partial charge < -0.3 is 19.9 Å². The van der Waals surface area contributed by atoms with E-state index in [2.05, 4.69) is 33.1 Å². The third kappa shape index (κ3) is 5.21. The van der Waals surface area contributed by atoms with E-state index in [4.69, 9.17) is 4.74 Å². The van der Waals surface area contributed by atoms with E-state index in [0.717, 1.165) is 77.0 Å². The fraction of sp³-hybridized carbons (Fsp3) is 0.619. The summed E-state index contributed by atoms with van der Waals surface area (Å²) in [5, 5.41) is 3.38. The van der Waals surface area contributed by atoms with Gasteiger partial charge in [-0.15, -0.1) is 24.0 Å². The number of likely N-dealkylation sites (tertiary alicyclic amines) is 1. The third-order valence-corrected chi connectivity index (χ3v) is 5.91.